The quantitative estimate of drug-likeness (QED) is 0.737. The molecule has 22 heavy (non-hydrogen) atoms. The molecule has 1 heterocycles. The highest BCUT2D eigenvalue weighted by atomic mass is 19.1. The molecule has 1 aromatic carbocycles. The van der Waals surface area contributed by atoms with Gasteiger partial charge in [-0.2, -0.15) is 5.10 Å². The van der Waals surface area contributed by atoms with Crippen LogP contribution >= 0.6 is 0 Å². The number of benzene rings is 1. The van der Waals surface area contributed by atoms with Crippen molar-refractivity contribution in [2.24, 2.45) is 0 Å². The van der Waals surface area contributed by atoms with E-state index in [1.807, 2.05) is 13.8 Å². The largest absolute Gasteiger partial charge is 0.389 e. The fraction of sp³-hybridized carbons (Fsp3) is 0.438. The van der Waals surface area contributed by atoms with Gasteiger partial charge in [0.25, 0.3) is 0 Å². The second kappa shape index (κ2) is 6.98. The number of aromatic amines is 1. The fourth-order valence-corrected chi connectivity index (χ4v) is 2.33. The summed E-state index contributed by atoms with van der Waals surface area (Å²) in [6.45, 7) is 4.61. The number of nitrogens with one attached hydrogen (secondary N) is 2. The molecule has 120 valence electrons. The lowest BCUT2D eigenvalue weighted by molar-refractivity contribution is 0.0323. The molecule has 0 aliphatic heterocycles. The van der Waals surface area contributed by atoms with Crippen molar-refractivity contribution < 1.29 is 13.9 Å². The van der Waals surface area contributed by atoms with E-state index < -0.39 is 17.2 Å². The maximum atomic E-state index is 13.9. The summed E-state index contributed by atoms with van der Waals surface area (Å²) in [5.41, 5.74) is 0.0869. The maximum Gasteiger partial charge on any atom is 0.135 e. The van der Waals surface area contributed by atoms with Gasteiger partial charge in [-0.05, 0) is 25.0 Å². The normalized spacial score (nSPS) is 11.9. The van der Waals surface area contributed by atoms with E-state index >= 15 is 0 Å². The zero-order valence-corrected chi connectivity index (χ0v) is 12.8. The predicted octanol–water partition coefficient (Wildman–Crippen LogP) is 3.00. The molecule has 4 nitrogen and oxygen atoms in total. The van der Waals surface area contributed by atoms with E-state index in [1.165, 1.54) is 24.4 Å². The Bertz CT molecular complexity index is 603. The molecule has 0 radical (unpaired) electrons. The van der Waals surface area contributed by atoms with Gasteiger partial charge < -0.3 is 10.4 Å². The van der Waals surface area contributed by atoms with Crippen molar-refractivity contribution in [3.05, 3.63) is 41.6 Å². The molecular formula is C16H21F2N3O. The van der Waals surface area contributed by atoms with Gasteiger partial charge >= 0.3 is 0 Å². The predicted molar refractivity (Wildman–Crippen MR) is 81.2 cm³/mol. The van der Waals surface area contributed by atoms with Gasteiger partial charge in [0.05, 0.1) is 23.1 Å². The van der Waals surface area contributed by atoms with E-state index in [0.29, 0.717) is 37.2 Å². The standard InChI is InChI=1S/C16H21F2N3O/c1-3-16(22,4-2)10-19-8-11-9-20-21-15(11)14-12(17)6-5-7-13(14)18/h5-7,9,19,22H,3-4,8,10H2,1-2H3,(H,20,21). The first-order chi connectivity index (χ1) is 10.5. The number of aromatic nitrogens is 2. The van der Waals surface area contributed by atoms with Crippen molar-refractivity contribution in [2.75, 3.05) is 6.54 Å². The van der Waals surface area contributed by atoms with Crippen molar-refractivity contribution in [2.45, 2.75) is 38.8 Å². The number of halogens is 2. The molecule has 0 saturated heterocycles. The summed E-state index contributed by atoms with van der Waals surface area (Å²) in [5.74, 6) is -1.27. The minimum Gasteiger partial charge on any atom is -0.389 e. The summed E-state index contributed by atoms with van der Waals surface area (Å²) in [5, 5.41) is 19.9. The Hall–Kier alpha value is -1.79. The van der Waals surface area contributed by atoms with Gasteiger partial charge in [-0.1, -0.05) is 19.9 Å². The highest BCUT2D eigenvalue weighted by molar-refractivity contribution is 5.64. The number of hydrogen-bond donors (Lipinski definition) is 3. The molecule has 6 heteroatoms. The van der Waals surface area contributed by atoms with E-state index in [0.717, 1.165) is 0 Å². The smallest absolute Gasteiger partial charge is 0.135 e. The third-order valence-electron chi connectivity index (χ3n) is 4.02. The van der Waals surface area contributed by atoms with Crippen molar-refractivity contribution in [3.63, 3.8) is 0 Å². The van der Waals surface area contributed by atoms with Crippen molar-refractivity contribution >= 4 is 0 Å². The van der Waals surface area contributed by atoms with Crippen LogP contribution in [0.2, 0.25) is 0 Å². The molecule has 2 aromatic rings. The molecule has 2 rings (SSSR count). The van der Waals surface area contributed by atoms with Crippen LogP contribution in [0.1, 0.15) is 32.3 Å². The molecule has 0 atom stereocenters. The molecule has 0 unspecified atom stereocenters. The number of hydrogen-bond acceptors (Lipinski definition) is 3. The van der Waals surface area contributed by atoms with Crippen molar-refractivity contribution in [1.29, 1.82) is 0 Å². The highest BCUT2D eigenvalue weighted by Crippen LogP contribution is 2.27. The lowest BCUT2D eigenvalue weighted by atomic mass is 9.97. The van der Waals surface area contributed by atoms with E-state index in [1.54, 1.807) is 0 Å². The lowest BCUT2D eigenvalue weighted by Gasteiger charge is -2.25. The fourth-order valence-electron chi connectivity index (χ4n) is 2.33. The molecule has 0 amide bonds. The average Bonchev–Trinajstić information content (AvgIpc) is 2.95. The third kappa shape index (κ3) is 3.51. The molecule has 0 bridgehead atoms. The molecule has 0 aliphatic carbocycles. The van der Waals surface area contributed by atoms with Crippen LogP contribution in [0.5, 0.6) is 0 Å². The maximum absolute atomic E-state index is 13.9. The van der Waals surface area contributed by atoms with Gasteiger partial charge in [0.15, 0.2) is 0 Å². The SMILES string of the molecule is CCC(O)(CC)CNCc1cn[nH]c1-c1c(F)cccc1F. The van der Waals surface area contributed by atoms with Crippen LogP contribution < -0.4 is 5.32 Å². The van der Waals surface area contributed by atoms with E-state index in [2.05, 4.69) is 15.5 Å². The van der Waals surface area contributed by atoms with Crippen LogP contribution in [0.3, 0.4) is 0 Å². The van der Waals surface area contributed by atoms with Crippen LogP contribution in [0.15, 0.2) is 24.4 Å². The van der Waals surface area contributed by atoms with Gasteiger partial charge in [-0.3, -0.25) is 5.10 Å². The number of nitrogens with zero attached hydrogens (tertiary/aromatic N) is 1. The Labute approximate surface area is 128 Å². The summed E-state index contributed by atoms with van der Waals surface area (Å²) in [7, 11) is 0. The van der Waals surface area contributed by atoms with Gasteiger partial charge in [-0.15, -0.1) is 0 Å². The first kappa shape index (κ1) is 16.6. The average molecular weight is 309 g/mol. The van der Waals surface area contributed by atoms with Gasteiger partial charge in [-0.25, -0.2) is 8.78 Å². The van der Waals surface area contributed by atoms with Gasteiger partial charge in [0.2, 0.25) is 0 Å². The summed E-state index contributed by atoms with van der Waals surface area (Å²) >= 11 is 0. The van der Waals surface area contributed by atoms with Crippen LogP contribution in [0, 0.1) is 11.6 Å². The minimum atomic E-state index is -0.771. The second-order valence-electron chi connectivity index (χ2n) is 5.40. The van der Waals surface area contributed by atoms with Gasteiger partial charge in [0.1, 0.15) is 11.6 Å². The molecule has 0 saturated carbocycles. The van der Waals surface area contributed by atoms with Gasteiger partial charge in [0, 0.05) is 18.7 Å². The number of rotatable bonds is 7. The summed E-state index contributed by atoms with van der Waals surface area (Å²) < 4.78 is 27.7. The Kier molecular flexibility index (Phi) is 5.26. The second-order valence-corrected chi connectivity index (χ2v) is 5.40. The monoisotopic (exact) mass is 309 g/mol. The molecule has 3 N–H and O–H groups in total. The Morgan fingerprint density at radius 2 is 1.86 bits per heavy atom. The van der Waals surface area contributed by atoms with Crippen molar-refractivity contribution in [3.8, 4) is 11.3 Å². The molecule has 0 aliphatic rings. The summed E-state index contributed by atoms with van der Waals surface area (Å²) in [6, 6.07) is 3.75. The van der Waals surface area contributed by atoms with Crippen LogP contribution in [0.25, 0.3) is 11.3 Å². The Morgan fingerprint density at radius 1 is 1.23 bits per heavy atom. The molecule has 0 fully saturated rings. The van der Waals surface area contributed by atoms with Crippen LogP contribution in [0.4, 0.5) is 8.78 Å². The third-order valence-corrected chi connectivity index (χ3v) is 4.02. The number of aliphatic hydroxyl groups is 1. The molecule has 0 spiro atoms. The minimum absolute atomic E-state index is 0.113. The molecule has 1 aromatic heterocycles. The Morgan fingerprint density at radius 3 is 2.45 bits per heavy atom. The first-order valence-electron chi connectivity index (χ1n) is 7.40. The van der Waals surface area contributed by atoms with Crippen LogP contribution in [-0.4, -0.2) is 27.4 Å². The van der Waals surface area contributed by atoms with Crippen LogP contribution in [-0.2, 0) is 6.54 Å². The molecular weight excluding hydrogens is 288 g/mol. The zero-order chi connectivity index (χ0) is 16.2. The van der Waals surface area contributed by atoms with Crippen molar-refractivity contribution in [1.82, 2.24) is 15.5 Å². The lowest BCUT2D eigenvalue weighted by Crippen LogP contribution is -2.39. The van der Waals surface area contributed by atoms with E-state index in [9.17, 15) is 13.9 Å². The van der Waals surface area contributed by atoms with E-state index in [4.69, 9.17) is 0 Å². The topological polar surface area (TPSA) is 60.9 Å². The summed E-state index contributed by atoms with van der Waals surface area (Å²) in [4.78, 5) is 0. The first-order valence-corrected chi connectivity index (χ1v) is 7.40. The summed E-state index contributed by atoms with van der Waals surface area (Å²) in [6.07, 6.45) is 2.80. The zero-order valence-electron chi connectivity index (χ0n) is 12.8. The number of H-pyrrole nitrogens is 1. The Balaban J connectivity index is 2.14. The highest BCUT2D eigenvalue weighted by Gasteiger charge is 2.22. The van der Waals surface area contributed by atoms with E-state index in [-0.39, 0.29) is 5.56 Å².